The zero-order valence-electron chi connectivity index (χ0n) is 10.5. The van der Waals surface area contributed by atoms with E-state index in [1.54, 1.807) is 19.2 Å². The van der Waals surface area contributed by atoms with Gasteiger partial charge in [-0.05, 0) is 37.4 Å². The van der Waals surface area contributed by atoms with E-state index in [9.17, 15) is 4.79 Å². The molecule has 0 aliphatic heterocycles. The van der Waals surface area contributed by atoms with E-state index in [0.717, 1.165) is 12.8 Å². The molecule has 0 aromatic carbocycles. The fourth-order valence-corrected chi connectivity index (χ4v) is 2.36. The first kappa shape index (κ1) is 12.8. The molecule has 0 bridgehead atoms. The number of carbonyl (C=O) groups excluding carboxylic acids is 1. The van der Waals surface area contributed by atoms with E-state index in [1.807, 2.05) is 0 Å². The van der Waals surface area contributed by atoms with Crippen molar-refractivity contribution < 1.29 is 4.79 Å². The maximum Gasteiger partial charge on any atom is 0.271 e. The monoisotopic (exact) mass is 249 g/mol. The maximum atomic E-state index is 11.3. The number of hydrogen-bond donors (Lipinski definition) is 3. The molecule has 2 atom stereocenters. The van der Waals surface area contributed by atoms with E-state index in [2.05, 4.69) is 20.8 Å². The summed E-state index contributed by atoms with van der Waals surface area (Å²) in [4.78, 5) is 11.3. The van der Waals surface area contributed by atoms with E-state index in [4.69, 9.17) is 5.73 Å². The van der Waals surface area contributed by atoms with Crippen molar-refractivity contribution in [3.05, 3.63) is 17.8 Å². The molecular weight excluding hydrogens is 230 g/mol. The predicted octanol–water partition coefficient (Wildman–Crippen LogP) is 0.375. The molecule has 1 aliphatic rings. The summed E-state index contributed by atoms with van der Waals surface area (Å²) in [6, 6.07) is 3.82. The first-order valence-electron chi connectivity index (χ1n) is 6.27. The Balaban J connectivity index is 2.00. The standard InChI is InChI=1S/C12H19N5O/c1-14-12(18)10-5-6-11(17-16-10)15-9-4-2-3-8(9)7-13/h5-6,8-9H,2-4,7,13H2,1H3,(H,14,18)(H,15,17). The third-order valence-corrected chi connectivity index (χ3v) is 3.42. The fourth-order valence-electron chi connectivity index (χ4n) is 2.36. The molecule has 1 aromatic rings. The first-order valence-corrected chi connectivity index (χ1v) is 6.27. The lowest BCUT2D eigenvalue weighted by Crippen LogP contribution is -2.30. The number of rotatable bonds is 4. The van der Waals surface area contributed by atoms with Crippen molar-refractivity contribution in [1.29, 1.82) is 0 Å². The van der Waals surface area contributed by atoms with Gasteiger partial charge in [-0.2, -0.15) is 0 Å². The van der Waals surface area contributed by atoms with Crippen LogP contribution in [0.2, 0.25) is 0 Å². The Hall–Kier alpha value is -1.69. The molecule has 0 spiro atoms. The third kappa shape index (κ3) is 2.76. The van der Waals surface area contributed by atoms with Crippen LogP contribution in [0.5, 0.6) is 0 Å². The number of carbonyl (C=O) groups is 1. The summed E-state index contributed by atoms with van der Waals surface area (Å²) in [6.45, 7) is 0.696. The average Bonchev–Trinajstić information content (AvgIpc) is 2.86. The number of hydrogen-bond acceptors (Lipinski definition) is 5. The second-order valence-corrected chi connectivity index (χ2v) is 4.56. The van der Waals surface area contributed by atoms with Gasteiger partial charge in [0.25, 0.3) is 5.91 Å². The second-order valence-electron chi connectivity index (χ2n) is 4.56. The van der Waals surface area contributed by atoms with E-state index in [0.29, 0.717) is 30.0 Å². The van der Waals surface area contributed by atoms with Gasteiger partial charge in [-0.25, -0.2) is 0 Å². The van der Waals surface area contributed by atoms with Crippen molar-refractivity contribution in [3.8, 4) is 0 Å². The summed E-state index contributed by atoms with van der Waals surface area (Å²) < 4.78 is 0. The van der Waals surface area contributed by atoms with Crippen molar-refractivity contribution in [2.24, 2.45) is 11.7 Å². The van der Waals surface area contributed by atoms with Crippen LogP contribution < -0.4 is 16.4 Å². The van der Waals surface area contributed by atoms with E-state index >= 15 is 0 Å². The van der Waals surface area contributed by atoms with Crippen LogP contribution in [0.25, 0.3) is 0 Å². The predicted molar refractivity (Wildman–Crippen MR) is 69.2 cm³/mol. The summed E-state index contributed by atoms with van der Waals surface area (Å²) in [6.07, 6.45) is 3.47. The number of aromatic nitrogens is 2. The van der Waals surface area contributed by atoms with Gasteiger partial charge >= 0.3 is 0 Å². The van der Waals surface area contributed by atoms with E-state index in [-0.39, 0.29) is 5.91 Å². The lowest BCUT2D eigenvalue weighted by Gasteiger charge is -2.19. The number of nitrogens with zero attached hydrogens (tertiary/aromatic N) is 2. The second kappa shape index (κ2) is 5.77. The minimum atomic E-state index is -0.227. The topological polar surface area (TPSA) is 92.9 Å². The van der Waals surface area contributed by atoms with Crippen LogP contribution in [0.3, 0.4) is 0 Å². The Morgan fingerprint density at radius 2 is 2.28 bits per heavy atom. The molecule has 1 heterocycles. The molecule has 1 fully saturated rings. The van der Waals surface area contributed by atoms with Crippen molar-refractivity contribution in [2.75, 3.05) is 18.9 Å². The number of amides is 1. The largest absolute Gasteiger partial charge is 0.366 e. The molecule has 6 nitrogen and oxygen atoms in total. The average molecular weight is 249 g/mol. The van der Waals surface area contributed by atoms with Gasteiger partial charge in [0.15, 0.2) is 5.69 Å². The summed E-state index contributed by atoms with van der Waals surface area (Å²) in [5.74, 6) is 0.980. The minimum absolute atomic E-state index is 0.227. The summed E-state index contributed by atoms with van der Waals surface area (Å²) in [5, 5.41) is 13.8. The molecule has 2 rings (SSSR count). The molecule has 6 heteroatoms. The fraction of sp³-hybridized carbons (Fsp3) is 0.583. The zero-order chi connectivity index (χ0) is 13.0. The van der Waals surface area contributed by atoms with Crippen LogP contribution in [0.1, 0.15) is 29.8 Å². The highest BCUT2D eigenvalue weighted by molar-refractivity contribution is 5.91. The number of nitrogens with one attached hydrogen (secondary N) is 2. The molecule has 1 aromatic heterocycles. The maximum absolute atomic E-state index is 11.3. The van der Waals surface area contributed by atoms with Crippen LogP contribution in [0, 0.1) is 5.92 Å². The molecule has 98 valence electrons. The van der Waals surface area contributed by atoms with Crippen LogP contribution >= 0.6 is 0 Å². The lowest BCUT2D eigenvalue weighted by molar-refractivity contribution is 0.0957. The first-order chi connectivity index (χ1) is 8.74. The normalized spacial score (nSPS) is 22.8. The Kier molecular flexibility index (Phi) is 4.09. The molecule has 0 saturated heterocycles. The van der Waals surface area contributed by atoms with E-state index in [1.165, 1.54) is 6.42 Å². The quantitative estimate of drug-likeness (QED) is 0.717. The van der Waals surface area contributed by atoms with Gasteiger partial charge in [-0.15, -0.1) is 10.2 Å². The minimum Gasteiger partial charge on any atom is -0.366 e. The molecule has 4 N–H and O–H groups in total. The number of anilines is 1. The van der Waals surface area contributed by atoms with Gasteiger partial charge in [-0.1, -0.05) is 6.42 Å². The molecule has 0 radical (unpaired) electrons. The summed E-state index contributed by atoms with van der Waals surface area (Å²) in [7, 11) is 1.57. The highest BCUT2D eigenvalue weighted by Crippen LogP contribution is 2.26. The Labute approximate surface area is 106 Å². The van der Waals surface area contributed by atoms with Gasteiger partial charge in [-0.3, -0.25) is 4.79 Å². The summed E-state index contributed by atoms with van der Waals surface area (Å²) in [5.41, 5.74) is 6.05. The van der Waals surface area contributed by atoms with Crippen LogP contribution in [-0.4, -0.2) is 35.7 Å². The van der Waals surface area contributed by atoms with Crippen molar-refractivity contribution in [2.45, 2.75) is 25.3 Å². The van der Waals surface area contributed by atoms with Crippen molar-refractivity contribution >= 4 is 11.7 Å². The summed E-state index contributed by atoms with van der Waals surface area (Å²) >= 11 is 0. The van der Waals surface area contributed by atoms with Crippen LogP contribution in [0.15, 0.2) is 12.1 Å². The molecule has 2 unspecified atom stereocenters. The smallest absolute Gasteiger partial charge is 0.271 e. The molecule has 1 aliphatic carbocycles. The van der Waals surface area contributed by atoms with Gasteiger partial charge in [0.1, 0.15) is 5.82 Å². The molecule has 1 amide bonds. The molecule has 1 saturated carbocycles. The molecule has 18 heavy (non-hydrogen) atoms. The zero-order valence-corrected chi connectivity index (χ0v) is 10.5. The van der Waals surface area contributed by atoms with Gasteiger partial charge in [0.05, 0.1) is 0 Å². The third-order valence-electron chi connectivity index (χ3n) is 3.42. The lowest BCUT2D eigenvalue weighted by atomic mass is 10.0. The highest BCUT2D eigenvalue weighted by Gasteiger charge is 2.26. The number of nitrogens with two attached hydrogens (primary N) is 1. The van der Waals surface area contributed by atoms with Crippen molar-refractivity contribution in [3.63, 3.8) is 0 Å². The van der Waals surface area contributed by atoms with Crippen LogP contribution in [0.4, 0.5) is 5.82 Å². The van der Waals surface area contributed by atoms with Gasteiger partial charge in [0, 0.05) is 13.1 Å². The van der Waals surface area contributed by atoms with E-state index < -0.39 is 0 Å². The van der Waals surface area contributed by atoms with Crippen LogP contribution in [-0.2, 0) is 0 Å². The Morgan fingerprint density at radius 3 is 2.89 bits per heavy atom. The van der Waals surface area contributed by atoms with Gasteiger partial charge in [0.2, 0.25) is 0 Å². The Morgan fingerprint density at radius 1 is 1.44 bits per heavy atom. The Bertz CT molecular complexity index is 405. The SMILES string of the molecule is CNC(=O)c1ccc(NC2CCCC2CN)nn1. The molecular formula is C12H19N5O. The van der Waals surface area contributed by atoms with Gasteiger partial charge < -0.3 is 16.4 Å². The highest BCUT2D eigenvalue weighted by atomic mass is 16.1. The van der Waals surface area contributed by atoms with Crippen molar-refractivity contribution in [1.82, 2.24) is 15.5 Å².